The van der Waals surface area contributed by atoms with Crippen LogP contribution in [0.5, 0.6) is 0 Å². The van der Waals surface area contributed by atoms with Crippen LogP contribution in [0.4, 0.5) is 26.1 Å². The van der Waals surface area contributed by atoms with E-state index >= 15 is 0 Å². The SMILES string of the molecule is Cc1cc(NC(=O)c2cc(Nc3c(F)cccc3F)ncn2)no1. The molecule has 24 heavy (non-hydrogen) atoms. The maximum absolute atomic E-state index is 13.6. The van der Waals surface area contributed by atoms with Crippen molar-refractivity contribution in [3.63, 3.8) is 0 Å². The van der Waals surface area contributed by atoms with E-state index < -0.39 is 17.5 Å². The predicted octanol–water partition coefficient (Wildman–Crippen LogP) is 3.05. The van der Waals surface area contributed by atoms with Gasteiger partial charge in [-0.25, -0.2) is 18.7 Å². The fraction of sp³-hybridized carbons (Fsp3) is 0.0667. The summed E-state index contributed by atoms with van der Waals surface area (Å²) in [5.41, 5.74) is -0.375. The minimum atomic E-state index is -0.780. The first kappa shape index (κ1) is 15.5. The van der Waals surface area contributed by atoms with Crippen molar-refractivity contribution < 1.29 is 18.1 Å². The summed E-state index contributed by atoms with van der Waals surface area (Å²) in [6.07, 6.45) is 1.10. The highest BCUT2D eigenvalue weighted by atomic mass is 19.1. The molecule has 0 aliphatic rings. The van der Waals surface area contributed by atoms with Crippen molar-refractivity contribution >= 4 is 23.2 Å². The van der Waals surface area contributed by atoms with Gasteiger partial charge in [0, 0.05) is 12.1 Å². The molecule has 0 atom stereocenters. The highest BCUT2D eigenvalue weighted by Gasteiger charge is 2.13. The average molecular weight is 331 g/mol. The molecule has 2 N–H and O–H groups in total. The molecule has 0 bridgehead atoms. The molecule has 0 radical (unpaired) electrons. The molecule has 0 aliphatic carbocycles. The normalized spacial score (nSPS) is 10.5. The summed E-state index contributed by atoms with van der Waals surface area (Å²) < 4.78 is 32.1. The second-order valence-corrected chi connectivity index (χ2v) is 4.79. The molecule has 0 fully saturated rings. The van der Waals surface area contributed by atoms with Crippen molar-refractivity contribution in [2.45, 2.75) is 6.92 Å². The minimum Gasteiger partial charge on any atom is -0.360 e. The number of carbonyl (C=O) groups excluding carboxylic acids is 1. The van der Waals surface area contributed by atoms with Crippen molar-refractivity contribution in [1.29, 1.82) is 0 Å². The molecule has 2 aromatic heterocycles. The van der Waals surface area contributed by atoms with E-state index in [0.29, 0.717) is 5.76 Å². The van der Waals surface area contributed by atoms with Gasteiger partial charge in [-0.15, -0.1) is 0 Å². The number of carbonyl (C=O) groups is 1. The largest absolute Gasteiger partial charge is 0.360 e. The van der Waals surface area contributed by atoms with Gasteiger partial charge in [-0.1, -0.05) is 11.2 Å². The third-order valence-corrected chi connectivity index (χ3v) is 2.99. The number of amides is 1. The van der Waals surface area contributed by atoms with E-state index in [1.165, 1.54) is 18.2 Å². The van der Waals surface area contributed by atoms with Crippen LogP contribution < -0.4 is 10.6 Å². The minimum absolute atomic E-state index is 0.00935. The summed E-state index contributed by atoms with van der Waals surface area (Å²) in [4.78, 5) is 19.8. The number of hydrogen-bond acceptors (Lipinski definition) is 6. The summed E-state index contributed by atoms with van der Waals surface area (Å²) in [5, 5.41) is 8.60. The lowest BCUT2D eigenvalue weighted by Gasteiger charge is -2.08. The Morgan fingerprint density at radius 2 is 1.88 bits per heavy atom. The molecule has 1 amide bonds. The highest BCUT2D eigenvalue weighted by molar-refractivity contribution is 6.02. The van der Waals surface area contributed by atoms with Gasteiger partial charge >= 0.3 is 0 Å². The fourth-order valence-electron chi connectivity index (χ4n) is 1.90. The standard InChI is InChI=1S/C15H11F2N5O2/c1-8-5-13(22-24-8)21-15(23)11-6-12(19-7-18-11)20-14-9(16)3-2-4-10(14)17/h2-7H,1H3,(H,18,19,20)(H,21,22,23). The Kier molecular flexibility index (Phi) is 4.15. The molecular formula is C15H11F2N5O2. The van der Waals surface area contributed by atoms with Crippen LogP contribution >= 0.6 is 0 Å². The van der Waals surface area contributed by atoms with E-state index in [4.69, 9.17) is 4.52 Å². The summed E-state index contributed by atoms with van der Waals surface area (Å²) >= 11 is 0. The molecule has 3 aromatic rings. The van der Waals surface area contributed by atoms with E-state index in [0.717, 1.165) is 18.5 Å². The second-order valence-electron chi connectivity index (χ2n) is 4.79. The molecular weight excluding hydrogens is 320 g/mol. The van der Waals surface area contributed by atoms with E-state index in [1.807, 2.05) is 0 Å². The average Bonchev–Trinajstić information content (AvgIpc) is 2.96. The molecule has 2 heterocycles. The van der Waals surface area contributed by atoms with Gasteiger partial charge in [0.1, 0.15) is 40.9 Å². The number of para-hydroxylation sites is 1. The quantitative estimate of drug-likeness (QED) is 0.763. The smallest absolute Gasteiger partial charge is 0.275 e. The van der Waals surface area contributed by atoms with Gasteiger partial charge in [-0.05, 0) is 19.1 Å². The number of anilines is 3. The zero-order valence-corrected chi connectivity index (χ0v) is 12.4. The number of benzene rings is 1. The molecule has 0 aliphatic heterocycles. The van der Waals surface area contributed by atoms with Gasteiger partial charge in [0.05, 0.1) is 0 Å². The van der Waals surface area contributed by atoms with Crippen molar-refractivity contribution in [3.05, 3.63) is 59.7 Å². The maximum Gasteiger partial charge on any atom is 0.275 e. The number of aryl methyl sites for hydroxylation is 1. The second kappa shape index (κ2) is 6.41. The summed E-state index contributed by atoms with van der Waals surface area (Å²) in [6.45, 7) is 1.68. The Bertz CT molecular complexity index is 877. The molecule has 7 nitrogen and oxygen atoms in total. The van der Waals surface area contributed by atoms with Crippen molar-refractivity contribution in [3.8, 4) is 0 Å². The first-order valence-electron chi connectivity index (χ1n) is 6.80. The lowest BCUT2D eigenvalue weighted by Crippen LogP contribution is -2.14. The van der Waals surface area contributed by atoms with Gasteiger partial charge < -0.3 is 15.2 Å². The van der Waals surface area contributed by atoms with E-state index in [1.54, 1.807) is 6.92 Å². The molecule has 0 saturated heterocycles. The van der Waals surface area contributed by atoms with Crippen molar-refractivity contribution in [1.82, 2.24) is 15.1 Å². The predicted molar refractivity (Wildman–Crippen MR) is 80.9 cm³/mol. The molecule has 9 heteroatoms. The zero-order valence-electron chi connectivity index (χ0n) is 12.4. The van der Waals surface area contributed by atoms with Gasteiger partial charge in [0.2, 0.25) is 0 Å². The van der Waals surface area contributed by atoms with Crippen LogP contribution in [0.15, 0.2) is 41.2 Å². The fourth-order valence-corrected chi connectivity index (χ4v) is 1.90. The first-order valence-corrected chi connectivity index (χ1v) is 6.80. The van der Waals surface area contributed by atoms with Gasteiger partial charge in [0.15, 0.2) is 5.82 Å². The third kappa shape index (κ3) is 3.35. The third-order valence-electron chi connectivity index (χ3n) is 2.99. The van der Waals surface area contributed by atoms with Crippen LogP contribution in [0.25, 0.3) is 0 Å². The summed E-state index contributed by atoms with van der Waals surface area (Å²) in [7, 11) is 0. The highest BCUT2D eigenvalue weighted by Crippen LogP contribution is 2.22. The lowest BCUT2D eigenvalue weighted by molar-refractivity contribution is 0.102. The monoisotopic (exact) mass is 331 g/mol. The van der Waals surface area contributed by atoms with Crippen LogP contribution in [0.1, 0.15) is 16.2 Å². The number of hydrogen-bond donors (Lipinski definition) is 2. The van der Waals surface area contributed by atoms with Crippen LogP contribution in [-0.4, -0.2) is 21.0 Å². The molecule has 122 valence electrons. The molecule has 0 spiro atoms. The molecule has 0 saturated carbocycles. The topological polar surface area (TPSA) is 92.9 Å². The molecule has 3 rings (SSSR count). The first-order chi connectivity index (χ1) is 11.5. The van der Waals surface area contributed by atoms with Gasteiger partial charge in [0.25, 0.3) is 5.91 Å². The zero-order chi connectivity index (χ0) is 17.1. The Hall–Kier alpha value is -3.36. The van der Waals surface area contributed by atoms with Crippen LogP contribution in [-0.2, 0) is 0 Å². The van der Waals surface area contributed by atoms with E-state index in [9.17, 15) is 13.6 Å². The van der Waals surface area contributed by atoms with Crippen molar-refractivity contribution in [2.75, 3.05) is 10.6 Å². The van der Waals surface area contributed by atoms with Crippen LogP contribution in [0, 0.1) is 18.6 Å². The maximum atomic E-state index is 13.6. The lowest BCUT2D eigenvalue weighted by atomic mass is 10.3. The Morgan fingerprint density at radius 3 is 2.54 bits per heavy atom. The number of nitrogens with one attached hydrogen (secondary N) is 2. The summed E-state index contributed by atoms with van der Waals surface area (Å²) in [5.74, 6) is -1.30. The van der Waals surface area contributed by atoms with Crippen molar-refractivity contribution in [2.24, 2.45) is 0 Å². The van der Waals surface area contributed by atoms with Crippen LogP contribution in [0.3, 0.4) is 0 Å². The Morgan fingerprint density at radius 1 is 1.12 bits per heavy atom. The van der Waals surface area contributed by atoms with Crippen LogP contribution in [0.2, 0.25) is 0 Å². The number of halogens is 2. The molecule has 1 aromatic carbocycles. The Labute approximate surface area is 134 Å². The molecule has 0 unspecified atom stereocenters. The number of aromatic nitrogens is 3. The van der Waals surface area contributed by atoms with Gasteiger partial charge in [-0.2, -0.15) is 0 Å². The Balaban J connectivity index is 1.80. The number of nitrogens with zero attached hydrogens (tertiary/aromatic N) is 3. The number of rotatable bonds is 4. The van der Waals surface area contributed by atoms with Gasteiger partial charge in [-0.3, -0.25) is 4.79 Å². The van der Waals surface area contributed by atoms with E-state index in [2.05, 4.69) is 25.8 Å². The summed E-state index contributed by atoms with van der Waals surface area (Å²) in [6, 6.07) is 6.25. The van der Waals surface area contributed by atoms with E-state index in [-0.39, 0.29) is 23.0 Å².